The summed E-state index contributed by atoms with van der Waals surface area (Å²) in [6, 6.07) is 14.6. The minimum Gasteiger partial charge on any atom is -0.497 e. The highest BCUT2D eigenvalue weighted by Gasteiger charge is 2.37. The number of aryl methyl sites for hydroxylation is 1. The van der Waals surface area contributed by atoms with Gasteiger partial charge in [0.15, 0.2) is 0 Å². The Balaban J connectivity index is 1.70. The molecule has 1 heterocycles. The van der Waals surface area contributed by atoms with Gasteiger partial charge in [-0.15, -0.1) is 0 Å². The van der Waals surface area contributed by atoms with Crippen molar-refractivity contribution >= 4 is 17.6 Å². The van der Waals surface area contributed by atoms with Crippen molar-refractivity contribution in [1.29, 1.82) is 0 Å². The summed E-state index contributed by atoms with van der Waals surface area (Å²) < 4.78 is 10.5. The number of hydrogen-bond acceptors (Lipinski definition) is 4. The Bertz CT molecular complexity index is 770. The fraction of sp³-hybridized carbons (Fsp3) is 0.300. The first-order chi connectivity index (χ1) is 12.1. The molecule has 0 unspecified atom stereocenters. The van der Waals surface area contributed by atoms with E-state index in [4.69, 9.17) is 9.47 Å². The second kappa shape index (κ2) is 7.38. The molecule has 1 amide bonds. The molecule has 130 valence electrons. The third-order valence-corrected chi connectivity index (χ3v) is 4.40. The minimum absolute atomic E-state index is 0.0439. The molecule has 5 heteroatoms. The van der Waals surface area contributed by atoms with Gasteiger partial charge in [0, 0.05) is 18.7 Å². The Kier molecular flexibility index (Phi) is 5.03. The number of para-hydroxylation sites is 1. The number of esters is 1. The quantitative estimate of drug-likeness (QED) is 0.620. The van der Waals surface area contributed by atoms with E-state index in [1.54, 1.807) is 36.3 Å². The van der Waals surface area contributed by atoms with Crippen LogP contribution in [0.2, 0.25) is 0 Å². The maximum atomic E-state index is 12.4. The maximum Gasteiger partial charge on any atom is 0.316 e. The average Bonchev–Trinajstić information content (AvgIpc) is 3.04. The van der Waals surface area contributed by atoms with Crippen LogP contribution in [0.25, 0.3) is 0 Å². The van der Waals surface area contributed by atoms with Crippen LogP contribution in [0.1, 0.15) is 18.9 Å². The Labute approximate surface area is 147 Å². The Morgan fingerprint density at radius 1 is 1.12 bits per heavy atom. The molecule has 25 heavy (non-hydrogen) atoms. The molecule has 1 aliphatic heterocycles. The van der Waals surface area contributed by atoms with Gasteiger partial charge in [0.2, 0.25) is 5.91 Å². The number of amides is 1. The lowest BCUT2D eigenvalue weighted by Gasteiger charge is -2.19. The molecular formula is C20H21NO4. The van der Waals surface area contributed by atoms with E-state index in [2.05, 4.69) is 6.92 Å². The number of methoxy groups -OCH3 is 1. The van der Waals surface area contributed by atoms with Crippen LogP contribution in [0, 0.1) is 5.92 Å². The first-order valence-electron chi connectivity index (χ1n) is 8.36. The number of carbonyl (C=O) groups is 2. The van der Waals surface area contributed by atoms with Gasteiger partial charge in [0.25, 0.3) is 0 Å². The number of carbonyl (C=O) groups excluding carboxylic acids is 2. The zero-order chi connectivity index (χ0) is 17.8. The monoisotopic (exact) mass is 339 g/mol. The number of anilines is 1. The summed E-state index contributed by atoms with van der Waals surface area (Å²) in [7, 11) is 1.58. The van der Waals surface area contributed by atoms with Gasteiger partial charge in [-0.05, 0) is 42.3 Å². The number of hydrogen-bond donors (Lipinski definition) is 0. The predicted octanol–water partition coefficient (Wildman–Crippen LogP) is 3.22. The van der Waals surface area contributed by atoms with Crippen LogP contribution in [0.4, 0.5) is 5.69 Å². The summed E-state index contributed by atoms with van der Waals surface area (Å²) >= 11 is 0. The maximum absolute atomic E-state index is 12.4. The highest BCUT2D eigenvalue weighted by atomic mass is 16.5. The fourth-order valence-electron chi connectivity index (χ4n) is 3.01. The van der Waals surface area contributed by atoms with Crippen LogP contribution in [0.3, 0.4) is 0 Å². The molecule has 0 N–H and O–H groups in total. The van der Waals surface area contributed by atoms with Crippen molar-refractivity contribution in [2.45, 2.75) is 19.8 Å². The average molecular weight is 339 g/mol. The SMILES string of the molecule is CCc1ccccc1N1C[C@H](C(=O)Oc2ccc(OC)cc2)CC1=O. The van der Waals surface area contributed by atoms with Gasteiger partial charge in [0.05, 0.1) is 13.0 Å². The standard InChI is InChI=1S/C20H21NO4/c1-3-14-6-4-5-7-18(14)21-13-15(12-19(21)22)20(23)25-17-10-8-16(24-2)9-11-17/h4-11,15H,3,12-13H2,1-2H3/t15-/m1/s1. The summed E-state index contributed by atoms with van der Waals surface area (Å²) in [4.78, 5) is 26.5. The zero-order valence-electron chi connectivity index (χ0n) is 14.4. The largest absolute Gasteiger partial charge is 0.497 e. The Hall–Kier alpha value is -2.82. The van der Waals surface area contributed by atoms with Gasteiger partial charge < -0.3 is 14.4 Å². The number of ether oxygens (including phenoxy) is 2. The number of nitrogens with zero attached hydrogens (tertiary/aromatic N) is 1. The van der Waals surface area contributed by atoms with E-state index in [-0.39, 0.29) is 18.3 Å². The highest BCUT2D eigenvalue weighted by Crippen LogP contribution is 2.29. The number of rotatable bonds is 5. The van der Waals surface area contributed by atoms with Crippen molar-refractivity contribution in [3.63, 3.8) is 0 Å². The minimum atomic E-state index is -0.459. The molecular weight excluding hydrogens is 318 g/mol. The topological polar surface area (TPSA) is 55.8 Å². The second-order valence-electron chi connectivity index (χ2n) is 5.98. The van der Waals surface area contributed by atoms with E-state index < -0.39 is 5.92 Å². The van der Waals surface area contributed by atoms with Crippen molar-refractivity contribution < 1.29 is 19.1 Å². The van der Waals surface area contributed by atoms with Gasteiger partial charge in [-0.2, -0.15) is 0 Å². The van der Waals surface area contributed by atoms with Crippen LogP contribution >= 0.6 is 0 Å². The van der Waals surface area contributed by atoms with E-state index in [0.717, 1.165) is 17.7 Å². The summed E-state index contributed by atoms with van der Waals surface area (Å²) in [5.41, 5.74) is 1.98. The lowest BCUT2D eigenvalue weighted by atomic mass is 10.1. The van der Waals surface area contributed by atoms with E-state index >= 15 is 0 Å². The molecule has 5 nitrogen and oxygen atoms in total. The molecule has 0 aromatic heterocycles. The molecule has 2 aromatic rings. The lowest BCUT2D eigenvalue weighted by Crippen LogP contribution is -2.28. The fourth-order valence-corrected chi connectivity index (χ4v) is 3.01. The smallest absolute Gasteiger partial charge is 0.316 e. The molecule has 0 spiro atoms. The molecule has 1 saturated heterocycles. The van der Waals surface area contributed by atoms with Gasteiger partial charge in [-0.3, -0.25) is 9.59 Å². The molecule has 0 aliphatic carbocycles. The zero-order valence-corrected chi connectivity index (χ0v) is 14.4. The van der Waals surface area contributed by atoms with Crippen molar-refractivity contribution in [1.82, 2.24) is 0 Å². The summed E-state index contributed by atoms with van der Waals surface area (Å²) in [5.74, 6) is 0.260. The van der Waals surface area contributed by atoms with Gasteiger partial charge in [0.1, 0.15) is 11.5 Å². The Morgan fingerprint density at radius 2 is 1.80 bits per heavy atom. The van der Waals surface area contributed by atoms with Crippen molar-refractivity contribution in [2.24, 2.45) is 5.92 Å². The number of benzene rings is 2. The normalized spacial score (nSPS) is 16.8. The lowest BCUT2D eigenvalue weighted by molar-refractivity contribution is -0.139. The van der Waals surface area contributed by atoms with E-state index in [1.165, 1.54) is 0 Å². The van der Waals surface area contributed by atoms with Gasteiger partial charge in [-0.25, -0.2) is 0 Å². The Morgan fingerprint density at radius 3 is 2.48 bits per heavy atom. The first-order valence-corrected chi connectivity index (χ1v) is 8.36. The highest BCUT2D eigenvalue weighted by molar-refractivity contribution is 6.00. The van der Waals surface area contributed by atoms with Crippen molar-refractivity contribution in [3.05, 3.63) is 54.1 Å². The predicted molar refractivity (Wildman–Crippen MR) is 94.9 cm³/mol. The molecule has 1 aliphatic rings. The van der Waals surface area contributed by atoms with Crippen LogP contribution in [0.15, 0.2) is 48.5 Å². The van der Waals surface area contributed by atoms with Crippen molar-refractivity contribution in [2.75, 3.05) is 18.6 Å². The van der Waals surface area contributed by atoms with E-state index in [9.17, 15) is 9.59 Å². The van der Waals surface area contributed by atoms with Gasteiger partial charge >= 0.3 is 5.97 Å². The molecule has 1 fully saturated rings. The summed E-state index contributed by atoms with van der Waals surface area (Å²) in [6.07, 6.45) is 1.01. The van der Waals surface area contributed by atoms with E-state index in [0.29, 0.717) is 18.0 Å². The molecule has 3 rings (SSSR count). The summed E-state index contributed by atoms with van der Waals surface area (Å²) in [5, 5.41) is 0. The third-order valence-electron chi connectivity index (χ3n) is 4.40. The molecule has 2 aromatic carbocycles. The van der Waals surface area contributed by atoms with Gasteiger partial charge in [-0.1, -0.05) is 25.1 Å². The van der Waals surface area contributed by atoms with Crippen LogP contribution in [-0.4, -0.2) is 25.5 Å². The summed E-state index contributed by atoms with van der Waals surface area (Å²) in [6.45, 7) is 2.40. The third kappa shape index (κ3) is 3.65. The molecule has 1 atom stereocenters. The molecule has 0 saturated carbocycles. The van der Waals surface area contributed by atoms with Crippen LogP contribution < -0.4 is 14.4 Å². The first kappa shape index (κ1) is 17.0. The van der Waals surface area contributed by atoms with Crippen LogP contribution in [-0.2, 0) is 16.0 Å². The van der Waals surface area contributed by atoms with Crippen molar-refractivity contribution in [3.8, 4) is 11.5 Å². The molecule has 0 bridgehead atoms. The molecule has 0 radical (unpaired) electrons. The second-order valence-corrected chi connectivity index (χ2v) is 5.98. The van der Waals surface area contributed by atoms with Crippen LogP contribution in [0.5, 0.6) is 11.5 Å². The van der Waals surface area contributed by atoms with E-state index in [1.807, 2.05) is 24.3 Å².